The molecule has 0 aliphatic carbocycles. The first-order chi connectivity index (χ1) is 10.2. The molecule has 0 saturated carbocycles. The number of aromatic hydroxyl groups is 1. The second-order valence-corrected chi connectivity index (χ2v) is 4.78. The second kappa shape index (κ2) is 5.36. The molecule has 0 amide bonds. The summed E-state index contributed by atoms with van der Waals surface area (Å²) >= 11 is 0. The molecule has 108 valence electrons. The summed E-state index contributed by atoms with van der Waals surface area (Å²) in [6.07, 6.45) is 0. The number of nitrogens with one attached hydrogen (secondary N) is 1. The van der Waals surface area contributed by atoms with Gasteiger partial charge in [0.2, 0.25) is 0 Å². The van der Waals surface area contributed by atoms with Gasteiger partial charge in [0, 0.05) is 19.2 Å². The van der Waals surface area contributed by atoms with E-state index in [-0.39, 0.29) is 5.75 Å². The Morgan fingerprint density at radius 3 is 2.90 bits per heavy atom. The molecular weight excluding hydrogens is 268 g/mol. The normalized spacial score (nSPS) is 10.8. The number of oxazole rings is 1. The number of hydrogen-bond acceptors (Lipinski definition) is 5. The van der Waals surface area contributed by atoms with Gasteiger partial charge < -0.3 is 19.6 Å². The Balaban J connectivity index is 1.76. The molecule has 5 nitrogen and oxygen atoms in total. The SMILES string of the molecule is COc1cc(CNc2ccc3oc(C)nc3c2)ccc1O. The Bertz CT molecular complexity index is 780. The summed E-state index contributed by atoms with van der Waals surface area (Å²) < 4.78 is 10.5. The summed E-state index contributed by atoms with van der Waals surface area (Å²) in [5, 5.41) is 12.9. The predicted molar refractivity (Wildman–Crippen MR) is 80.7 cm³/mol. The fourth-order valence-corrected chi connectivity index (χ4v) is 2.19. The molecule has 3 rings (SSSR count). The molecule has 5 heteroatoms. The van der Waals surface area contributed by atoms with Crippen molar-refractivity contribution in [2.24, 2.45) is 0 Å². The Kier molecular flexibility index (Phi) is 3.39. The Hall–Kier alpha value is -2.69. The van der Waals surface area contributed by atoms with E-state index in [1.807, 2.05) is 31.2 Å². The number of methoxy groups -OCH3 is 1. The predicted octanol–water partition coefficient (Wildman–Crippen LogP) is 3.46. The fourth-order valence-electron chi connectivity index (χ4n) is 2.19. The van der Waals surface area contributed by atoms with E-state index in [0.29, 0.717) is 18.2 Å². The van der Waals surface area contributed by atoms with Crippen molar-refractivity contribution in [1.29, 1.82) is 0 Å². The van der Waals surface area contributed by atoms with Gasteiger partial charge >= 0.3 is 0 Å². The third-order valence-electron chi connectivity index (χ3n) is 3.24. The van der Waals surface area contributed by atoms with Crippen LogP contribution in [0, 0.1) is 6.92 Å². The minimum Gasteiger partial charge on any atom is -0.504 e. The first kappa shape index (κ1) is 13.3. The van der Waals surface area contributed by atoms with Crippen LogP contribution in [0.25, 0.3) is 11.1 Å². The van der Waals surface area contributed by atoms with E-state index < -0.39 is 0 Å². The molecule has 2 aromatic carbocycles. The van der Waals surface area contributed by atoms with Gasteiger partial charge in [0.05, 0.1) is 7.11 Å². The highest BCUT2D eigenvalue weighted by molar-refractivity contribution is 5.77. The third-order valence-corrected chi connectivity index (χ3v) is 3.24. The van der Waals surface area contributed by atoms with Crippen molar-refractivity contribution in [1.82, 2.24) is 4.98 Å². The summed E-state index contributed by atoms with van der Waals surface area (Å²) in [7, 11) is 1.53. The van der Waals surface area contributed by atoms with Gasteiger partial charge in [-0.05, 0) is 35.9 Å². The van der Waals surface area contributed by atoms with Gasteiger partial charge in [0.1, 0.15) is 5.52 Å². The Labute approximate surface area is 122 Å². The molecule has 0 aliphatic heterocycles. The second-order valence-electron chi connectivity index (χ2n) is 4.78. The molecule has 0 atom stereocenters. The fraction of sp³-hybridized carbons (Fsp3) is 0.188. The lowest BCUT2D eigenvalue weighted by Crippen LogP contribution is -1.99. The zero-order valence-corrected chi connectivity index (χ0v) is 11.9. The number of aryl methyl sites for hydroxylation is 1. The van der Waals surface area contributed by atoms with Crippen LogP contribution in [0.5, 0.6) is 11.5 Å². The van der Waals surface area contributed by atoms with E-state index in [0.717, 1.165) is 22.4 Å². The quantitative estimate of drug-likeness (QED) is 0.768. The molecule has 3 aromatic rings. The van der Waals surface area contributed by atoms with Crippen LogP contribution in [-0.4, -0.2) is 17.2 Å². The topological polar surface area (TPSA) is 67.5 Å². The van der Waals surface area contributed by atoms with Crippen LogP contribution in [-0.2, 0) is 6.54 Å². The van der Waals surface area contributed by atoms with Crippen molar-refractivity contribution in [3.8, 4) is 11.5 Å². The number of aromatic nitrogens is 1. The van der Waals surface area contributed by atoms with Crippen LogP contribution in [0.3, 0.4) is 0 Å². The molecule has 0 unspecified atom stereocenters. The summed E-state index contributed by atoms with van der Waals surface area (Å²) in [6.45, 7) is 2.45. The highest BCUT2D eigenvalue weighted by atomic mass is 16.5. The number of phenols is 1. The molecule has 21 heavy (non-hydrogen) atoms. The Morgan fingerprint density at radius 2 is 2.10 bits per heavy atom. The molecule has 0 aliphatic rings. The summed E-state index contributed by atoms with van der Waals surface area (Å²) in [4.78, 5) is 4.31. The molecule has 1 aromatic heterocycles. The van der Waals surface area contributed by atoms with Gasteiger partial charge in [-0.2, -0.15) is 0 Å². The van der Waals surface area contributed by atoms with E-state index >= 15 is 0 Å². The zero-order chi connectivity index (χ0) is 14.8. The molecule has 2 N–H and O–H groups in total. The maximum atomic E-state index is 9.58. The van der Waals surface area contributed by atoms with Crippen molar-refractivity contribution in [3.05, 3.63) is 47.9 Å². The van der Waals surface area contributed by atoms with E-state index in [1.165, 1.54) is 7.11 Å². The van der Waals surface area contributed by atoms with Crippen LogP contribution in [0.2, 0.25) is 0 Å². The zero-order valence-electron chi connectivity index (χ0n) is 11.9. The lowest BCUT2D eigenvalue weighted by atomic mass is 10.2. The van der Waals surface area contributed by atoms with E-state index in [1.54, 1.807) is 12.1 Å². The van der Waals surface area contributed by atoms with Gasteiger partial charge in [-0.25, -0.2) is 4.98 Å². The minimum atomic E-state index is 0.140. The highest BCUT2D eigenvalue weighted by Gasteiger charge is 2.05. The lowest BCUT2D eigenvalue weighted by Gasteiger charge is -2.09. The molecule has 0 bridgehead atoms. The number of ether oxygens (including phenoxy) is 1. The van der Waals surface area contributed by atoms with Crippen molar-refractivity contribution in [3.63, 3.8) is 0 Å². The number of rotatable bonds is 4. The van der Waals surface area contributed by atoms with Gasteiger partial charge in [0.25, 0.3) is 0 Å². The van der Waals surface area contributed by atoms with Gasteiger partial charge in [-0.3, -0.25) is 0 Å². The lowest BCUT2D eigenvalue weighted by molar-refractivity contribution is 0.373. The molecule has 0 saturated heterocycles. The first-order valence-corrected chi connectivity index (χ1v) is 6.62. The maximum Gasteiger partial charge on any atom is 0.192 e. The number of phenolic OH excluding ortho intramolecular Hbond substituents is 1. The number of fused-ring (bicyclic) bond motifs is 1. The van der Waals surface area contributed by atoms with Crippen molar-refractivity contribution in [2.45, 2.75) is 13.5 Å². The molecular formula is C16H16N2O3. The monoisotopic (exact) mass is 284 g/mol. The van der Waals surface area contributed by atoms with Crippen LogP contribution in [0.4, 0.5) is 5.69 Å². The minimum absolute atomic E-state index is 0.140. The summed E-state index contributed by atoms with van der Waals surface area (Å²) in [5.74, 6) is 1.27. The van der Waals surface area contributed by atoms with Crippen LogP contribution in [0.15, 0.2) is 40.8 Å². The first-order valence-electron chi connectivity index (χ1n) is 6.62. The van der Waals surface area contributed by atoms with Crippen molar-refractivity contribution < 1.29 is 14.3 Å². The van der Waals surface area contributed by atoms with Crippen LogP contribution >= 0.6 is 0 Å². The molecule has 1 heterocycles. The van der Waals surface area contributed by atoms with Gasteiger partial charge in [-0.15, -0.1) is 0 Å². The van der Waals surface area contributed by atoms with E-state index in [9.17, 15) is 5.11 Å². The Morgan fingerprint density at radius 1 is 1.24 bits per heavy atom. The number of anilines is 1. The van der Waals surface area contributed by atoms with E-state index in [4.69, 9.17) is 9.15 Å². The third kappa shape index (κ3) is 2.76. The summed E-state index contributed by atoms with van der Waals surface area (Å²) in [6, 6.07) is 11.1. The molecule has 0 radical (unpaired) electrons. The van der Waals surface area contributed by atoms with E-state index in [2.05, 4.69) is 10.3 Å². The standard InChI is InChI=1S/C16H16N2O3/c1-10-18-13-8-12(4-6-15(13)21-10)17-9-11-3-5-14(19)16(7-11)20-2/h3-8,17,19H,9H2,1-2H3. The van der Waals surface area contributed by atoms with Gasteiger partial charge in [0.15, 0.2) is 23.0 Å². The molecule has 0 fully saturated rings. The number of benzene rings is 2. The largest absolute Gasteiger partial charge is 0.504 e. The van der Waals surface area contributed by atoms with Crippen molar-refractivity contribution in [2.75, 3.05) is 12.4 Å². The van der Waals surface area contributed by atoms with Crippen LogP contribution < -0.4 is 10.1 Å². The van der Waals surface area contributed by atoms with Crippen LogP contribution in [0.1, 0.15) is 11.5 Å². The summed E-state index contributed by atoms with van der Waals surface area (Å²) in [5.41, 5.74) is 3.59. The average Bonchev–Trinajstić information content (AvgIpc) is 2.85. The highest BCUT2D eigenvalue weighted by Crippen LogP contribution is 2.27. The molecule has 0 spiro atoms. The number of hydrogen-bond donors (Lipinski definition) is 2. The number of nitrogens with zero attached hydrogens (tertiary/aromatic N) is 1. The average molecular weight is 284 g/mol. The van der Waals surface area contributed by atoms with Crippen molar-refractivity contribution >= 4 is 16.8 Å². The maximum absolute atomic E-state index is 9.58. The van der Waals surface area contributed by atoms with Gasteiger partial charge in [-0.1, -0.05) is 6.07 Å². The smallest absolute Gasteiger partial charge is 0.192 e.